The highest BCUT2D eigenvalue weighted by Gasteiger charge is 2.16. The summed E-state index contributed by atoms with van der Waals surface area (Å²) in [6, 6.07) is 7.61. The Balaban J connectivity index is 1.98. The Morgan fingerprint density at radius 3 is 2.44 bits per heavy atom. The topological polar surface area (TPSA) is 29.5 Å². The van der Waals surface area contributed by atoms with Gasteiger partial charge < -0.3 is 9.84 Å². The van der Waals surface area contributed by atoms with Gasteiger partial charge in [-0.1, -0.05) is 18.2 Å². The zero-order valence-electron chi connectivity index (χ0n) is 9.43. The maximum atomic E-state index is 9.55. The third-order valence-electron chi connectivity index (χ3n) is 3.05. The van der Waals surface area contributed by atoms with E-state index in [1.165, 1.54) is 18.9 Å². The molecule has 1 aliphatic rings. The number of hydrogen-bond acceptors (Lipinski definition) is 2. The highest BCUT2D eigenvalue weighted by molar-refractivity contribution is 5.30. The van der Waals surface area contributed by atoms with Crippen molar-refractivity contribution in [3.63, 3.8) is 0 Å². The van der Waals surface area contributed by atoms with Crippen LogP contribution in [0.15, 0.2) is 36.9 Å². The summed E-state index contributed by atoms with van der Waals surface area (Å²) in [6.07, 6.45) is 6.20. The summed E-state index contributed by atoms with van der Waals surface area (Å²) in [4.78, 5) is 0. The zero-order chi connectivity index (χ0) is 11.4. The van der Waals surface area contributed by atoms with Crippen LogP contribution in [0.1, 0.15) is 37.4 Å². The molecule has 86 valence electrons. The first-order valence-corrected chi connectivity index (χ1v) is 5.87. The van der Waals surface area contributed by atoms with Crippen molar-refractivity contribution in [2.45, 2.75) is 37.9 Å². The first-order chi connectivity index (χ1) is 7.79. The molecule has 2 nitrogen and oxygen atoms in total. The maximum Gasteiger partial charge on any atom is 0.119 e. The van der Waals surface area contributed by atoms with Gasteiger partial charge in [-0.25, -0.2) is 0 Å². The van der Waals surface area contributed by atoms with Crippen LogP contribution >= 0.6 is 0 Å². The van der Waals surface area contributed by atoms with Crippen LogP contribution < -0.4 is 4.74 Å². The van der Waals surface area contributed by atoms with Crippen molar-refractivity contribution in [1.82, 2.24) is 0 Å². The number of aliphatic hydroxyl groups is 1. The zero-order valence-corrected chi connectivity index (χ0v) is 9.43. The first-order valence-electron chi connectivity index (χ1n) is 5.87. The molecule has 2 rings (SSSR count). The van der Waals surface area contributed by atoms with Crippen LogP contribution in [0.25, 0.3) is 0 Å². The van der Waals surface area contributed by atoms with Crippen LogP contribution in [0, 0.1) is 0 Å². The number of ether oxygens (including phenoxy) is 1. The van der Waals surface area contributed by atoms with E-state index in [1.54, 1.807) is 0 Å². The molecule has 0 radical (unpaired) electrons. The summed E-state index contributed by atoms with van der Waals surface area (Å²) in [5, 5.41) is 9.55. The molecule has 0 saturated heterocycles. The molecule has 1 atom stereocenters. The molecule has 0 aromatic heterocycles. The Kier molecular flexibility index (Phi) is 3.62. The molecule has 0 aliphatic heterocycles. The number of benzene rings is 1. The van der Waals surface area contributed by atoms with Crippen molar-refractivity contribution in [3.8, 4) is 5.75 Å². The smallest absolute Gasteiger partial charge is 0.119 e. The molecular weight excluding hydrogens is 200 g/mol. The van der Waals surface area contributed by atoms with E-state index in [0.717, 1.165) is 24.2 Å². The molecule has 1 N–H and O–H groups in total. The molecular formula is C14H18O2. The summed E-state index contributed by atoms with van der Waals surface area (Å²) in [5.41, 5.74) is 0.855. The third kappa shape index (κ3) is 2.64. The van der Waals surface area contributed by atoms with E-state index in [1.807, 2.05) is 24.3 Å². The summed E-state index contributed by atoms with van der Waals surface area (Å²) in [5.74, 6) is 0.895. The van der Waals surface area contributed by atoms with Gasteiger partial charge in [-0.2, -0.15) is 0 Å². The van der Waals surface area contributed by atoms with Crippen molar-refractivity contribution < 1.29 is 9.84 Å². The van der Waals surface area contributed by atoms with E-state index in [2.05, 4.69) is 6.58 Å². The second-order valence-electron chi connectivity index (χ2n) is 4.27. The van der Waals surface area contributed by atoms with Gasteiger partial charge in [0.15, 0.2) is 0 Å². The highest BCUT2D eigenvalue weighted by atomic mass is 16.5. The van der Waals surface area contributed by atoms with Gasteiger partial charge in [0.1, 0.15) is 5.75 Å². The molecule has 1 aromatic carbocycles. The number of rotatable bonds is 4. The van der Waals surface area contributed by atoms with E-state index < -0.39 is 6.10 Å². The van der Waals surface area contributed by atoms with Gasteiger partial charge in [-0.3, -0.25) is 0 Å². The van der Waals surface area contributed by atoms with Gasteiger partial charge in [0.05, 0.1) is 12.2 Å². The molecule has 16 heavy (non-hydrogen) atoms. The monoisotopic (exact) mass is 218 g/mol. The quantitative estimate of drug-likeness (QED) is 0.786. The minimum Gasteiger partial charge on any atom is -0.490 e. The first kappa shape index (κ1) is 11.2. The van der Waals surface area contributed by atoms with Gasteiger partial charge >= 0.3 is 0 Å². The lowest BCUT2D eigenvalue weighted by molar-refractivity contribution is 0.209. The van der Waals surface area contributed by atoms with E-state index in [-0.39, 0.29) is 0 Å². The average molecular weight is 218 g/mol. The second kappa shape index (κ2) is 5.17. The molecule has 1 aliphatic carbocycles. The standard InChI is InChI=1S/C14H18O2/c1-2-14(15)11-7-9-13(10-8-11)16-12-5-3-4-6-12/h2,7-10,12,14-15H,1,3-6H2. The van der Waals surface area contributed by atoms with Crippen molar-refractivity contribution in [2.24, 2.45) is 0 Å². The molecule has 1 aromatic rings. The number of aliphatic hydroxyl groups excluding tert-OH is 1. The van der Waals surface area contributed by atoms with E-state index in [4.69, 9.17) is 4.74 Å². The molecule has 1 fully saturated rings. The predicted octanol–water partition coefficient (Wildman–Crippen LogP) is 3.23. The molecule has 0 amide bonds. The fourth-order valence-corrected chi connectivity index (χ4v) is 2.08. The van der Waals surface area contributed by atoms with Crippen molar-refractivity contribution in [1.29, 1.82) is 0 Å². The minimum atomic E-state index is -0.583. The van der Waals surface area contributed by atoms with Crippen LogP contribution in [0.2, 0.25) is 0 Å². The van der Waals surface area contributed by atoms with Gasteiger partial charge in [-0.05, 0) is 43.4 Å². The molecule has 2 heteroatoms. The van der Waals surface area contributed by atoms with Crippen molar-refractivity contribution in [3.05, 3.63) is 42.5 Å². The fraction of sp³-hybridized carbons (Fsp3) is 0.429. The summed E-state index contributed by atoms with van der Waals surface area (Å²) >= 11 is 0. The Bertz CT molecular complexity index is 336. The molecule has 0 bridgehead atoms. The van der Waals surface area contributed by atoms with Crippen LogP contribution in [-0.4, -0.2) is 11.2 Å². The van der Waals surface area contributed by atoms with Crippen molar-refractivity contribution >= 4 is 0 Å². The largest absolute Gasteiger partial charge is 0.490 e. The Morgan fingerprint density at radius 2 is 1.88 bits per heavy atom. The van der Waals surface area contributed by atoms with Crippen LogP contribution in [0.4, 0.5) is 0 Å². The summed E-state index contributed by atoms with van der Waals surface area (Å²) in [6.45, 7) is 3.56. The Labute approximate surface area is 96.6 Å². The SMILES string of the molecule is C=CC(O)c1ccc(OC2CCCC2)cc1. The lowest BCUT2D eigenvalue weighted by Gasteiger charge is -2.13. The third-order valence-corrected chi connectivity index (χ3v) is 3.05. The molecule has 1 saturated carbocycles. The lowest BCUT2D eigenvalue weighted by Crippen LogP contribution is -2.10. The van der Waals surface area contributed by atoms with Gasteiger partial charge in [-0.15, -0.1) is 6.58 Å². The van der Waals surface area contributed by atoms with Gasteiger partial charge in [0.2, 0.25) is 0 Å². The van der Waals surface area contributed by atoms with Gasteiger partial charge in [0.25, 0.3) is 0 Å². The van der Waals surface area contributed by atoms with Gasteiger partial charge in [0, 0.05) is 0 Å². The highest BCUT2D eigenvalue weighted by Crippen LogP contribution is 2.25. The van der Waals surface area contributed by atoms with Crippen LogP contribution in [-0.2, 0) is 0 Å². The van der Waals surface area contributed by atoms with E-state index in [0.29, 0.717) is 6.10 Å². The van der Waals surface area contributed by atoms with Crippen LogP contribution in [0.5, 0.6) is 5.75 Å². The normalized spacial score (nSPS) is 18.3. The molecule has 0 heterocycles. The Hall–Kier alpha value is -1.28. The minimum absolute atomic E-state index is 0.384. The average Bonchev–Trinajstić information content (AvgIpc) is 2.82. The summed E-state index contributed by atoms with van der Waals surface area (Å²) in [7, 11) is 0. The van der Waals surface area contributed by atoms with E-state index in [9.17, 15) is 5.11 Å². The predicted molar refractivity (Wildman–Crippen MR) is 64.5 cm³/mol. The van der Waals surface area contributed by atoms with Crippen molar-refractivity contribution in [2.75, 3.05) is 0 Å². The lowest BCUT2D eigenvalue weighted by atomic mass is 10.1. The summed E-state index contributed by atoms with van der Waals surface area (Å²) < 4.78 is 5.84. The van der Waals surface area contributed by atoms with E-state index >= 15 is 0 Å². The molecule has 1 unspecified atom stereocenters. The maximum absolute atomic E-state index is 9.55. The number of hydrogen-bond donors (Lipinski definition) is 1. The van der Waals surface area contributed by atoms with Crippen LogP contribution in [0.3, 0.4) is 0 Å². The molecule has 0 spiro atoms. The second-order valence-corrected chi connectivity index (χ2v) is 4.27. The Morgan fingerprint density at radius 1 is 1.25 bits per heavy atom. The fourth-order valence-electron chi connectivity index (χ4n) is 2.08.